The molecule has 1 aliphatic rings. The van der Waals surface area contributed by atoms with Gasteiger partial charge in [0.1, 0.15) is 5.75 Å². The molecule has 0 bridgehead atoms. The SMILES string of the molecule is CCn1c(SCC(=O)N2CCN(Cc3cccs3)CC2)nnc1-c1ccccc1OC. The number of amides is 1. The lowest BCUT2D eigenvalue weighted by Crippen LogP contribution is -2.48. The minimum Gasteiger partial charge on any atom is -0.496 e. The van der Waals surface area contributed by atoms with Crippen LogP contribution in [-0.2, 0) is 17.9 Å². The number of piperazine rings is 1. The molecule has 1 aliphatic heterocycles. The summed E-state index contributed by atoms with van der Waals surface area (Å²) >= 11 is 3.24. The van der Waals surface area contributed by atoms with Crippen molar-refractivity contribution in [3.8, 4) is 17.1 Å². The van der Waals surface area contributed by atoms with E-state index in [1.54, 1.807) is 18.4 Å². The van der Waals surface area contributed by atoms with Gasteiger partial charge in [-0.2, -0.15) is 0 Å². The van der Waals surface area contributed by atoms with Gasteiger partial charge in [-0.1, -0.05) is 30.0 Å². The molecule has 0 N–H and O–H groups in total. The molecule has 164 valence electrons. The number of hydrogen-bond donors (Lipinski definition) is 0. The van der Waals surface area contributed by atoms with Gasteiger partial charge in [-0.25, -0.2) is 0 Å². The highest BCUT2D eigenvalue weighted by Gasteiger charge is 2.23. The van der Waals surface area contributed by atoms with E-state index in [0.717, 1.165) is 61.6 Å². The summed E-state index contributed by atoms with van der Waals surface area (Å²) in [6.45, 7) is 7.13. The Morgan fingerprint density at radius 2 is 1.94 bits per heavy atom. The molecule has 0 aliphatic carbocycles. The highest BCUT2D eigenvalue weighted by molar-refractivity contribution is 7.99. The number of aromatic nitrogens is 3. The molecular formula is C22H27N5O2S2. The Balaban J connectivity index is 1.34. The lowest BCUT2D eigenvalue weighted by molar-refractivity contribution is -0.130. The zero-order valence-electron chi connectivity index (χ0n) is 17.9. The molecule has 0 spiro atoms. The summed E-state index contributed by atoms with van der Waals surface area (Å²) in [7, 11) is 1.65. The van der Waals surface area contributed by atoms with Gasteiger partial charge in [-0.3, -0.25) is 9.69 Å². The molecule has 1 aromatic carbocycles. The second-order valence-electron chi connectivity index (χ2n) is 7.28. The van der Waals surface area contributed by atoms with Crippen LogP contribution in [0.1, 0.15) is 11.8 Å². The fraction of sp³-hybridized carbons (Fsp3) is 0.409. The van der Waals surface area contributed by atoms with Crippen molar-refractivity contribution in [1.29, 1.82) is 0 Å². The molecular weight excluding hydrogens is 430 g/mol. The van der Waals surface area contributed by atoms with Crippen LogP contribution in [0.3, 0.4) is 0 Å². The number of thiophene rings is 1. The number of benzene rings is 1. The van der Waals surface area contributed by atoms with Gasteiger partial charge in [0, 0.05) is 44.1 Å². The Labute approximate surface area is 191 Å². The van der Waals surface area contributed by atoms with E-state index in [0.29, 0.717) is 5.75 Å². The molecule has 1 saturated heterocycles. The number of thioether (sulfide) groups is 1. The van der Waals surface area contributed by atoms with Crippen molar-refractivity contribution < 1.29 is 9.53 Å². The Morgan fingerprint density at radius 3 is 2.65 bits per heavy atom. The zero-order valence-corrected chi connectivity index (χ0v) is 19.5. The molecule has 3 heterocycles. The van der Waals surface area contributed by atoms with Crippen molar-refractivity contribution in [1.82, 2.24) is 24.6 Å². The number of methoxy groups -OCH3 is 1. The van der Waals surface area contributed by atoms with E-state index in [2.05, 4.69) is 39.5 Å². The second kappa shape index (κ2) is 10.3. The third kappa shape index (κ3) is 5.11. The van der Waals surface area contributed by atoms with E-state index in [1.165, 1.54) is 16.6 Å². The first-order valence-corrected chi connectivity index (χ1v) is 12.3. The largest absolute Gasteiger partial charge is 0.496 e. The number of ether oxygens (including phenoxy) is 1. The van der Waals surface area contributed by atoms with Gasteiger partial charge in [0.15, 0.2) is 11.0 Å². The lowest BCUT2D eigenvalue weighted by atomic mass is 10.2. The van der Waals surface area contributed by atoms with Crippen molar-refractivity contribution in [2.75, 3.05) is 39.0 Å². The van der Waals surface area contributed by atoms with Crippen LogP contribution in [-0.4, -0.2) is 69.5 Å². The smallest absolute Gasteiger partial charge is 0.233 e. The summed E-state index contributed by atoms with van der Waals surface area (Å²) in [4.78, 5) is 18.5. The molecule has 2 aromatic heterocycles. The molecule has 0 unspecified atom stereocenters. The van der Waals surface area contributed by atoms with Crippen molar-refractivity contribution in [2.45, 2.75) is 25.2 Å². The first-order valence-electron chi connectivity index (χ1n) is 10.4. The van der Waals surface area contributed by atoms with Crippen LogP contribution in [0, 0.1) is 0 Å². The number of carbonyl (C=O) groups excluding carboxylic acids is 1. The van der Waals surface area contributed by atoms with Crippen LogP contribution in [0.2, 0.25) is 0 Å². The molecule has 0 radical (unpaired) electrons. The van der Waals surface area contributed by atoms with Gasteiger partial charge in [0.05, 0.1) is 18.4 Å². The van der Waals surface area contributed by atoms with Crippen molar-refractivity contribution in [3.05, 3.63) is 46.7 Å². The summed E-state index contributed by atoms with van der Waals surface area (Å²) < 4.78 is 7.51. The van der Waals surface area contributed by atoms with E-state index in [9.17, 15) is 4.79 Å². The normalized spacial score (nSPS) is 14.7. The number of hydrogen-bond acceptors (Lipinski definition) is 7. The average molecular weight is 458 g/mol. The molecule has 4 rings (SSSR count). The fourth-order valence-corrected chi connectivity index (χ4v) is 5.36. The minimum atomic E-state index is 0.158. The fourth-order valence-electron chi connectivity index (χ4n) is 3.71. The summed E-state index contributed by atoms with van der Waals surface area (Å²) in [5, 5.41) is 11.6. The predicted octanol–water partition coefficient (Wildman–Crippen LogP) is 3.47. The summed E-state index contributed by atoms with van der Waals surface area (Å²) in [6, 6.07) is 12.0. The van der Waals surface area contributed by atoms with Gasteiger partial charge in [0.25, 0.3) is 0 Å². The Morgan fingerprint density at radius 1 is 1.13 bits per heavy atom. The van der Waals surface area contributed by atoms with Crippen LogP contribution in [0.15, 0.2) is 46.9 Å². The quantitative estimate of drug-likeness (QED) is 0.483. The van der Waals surface area contributed by atoms with Gasteiger partial charge >= 0.3 is 0 Å². The first kappa shape index (κ1) is 21.9. The number of carbonyl (C=O) groups is 1. The standard InChI is InChI=1S/C22H27N5O2S2/c1-3-27-21(18-8-4-5-9-19(18)29-2)23-24-22(27)31-16-20(28)26-12-10-25(11-13-26)15-17-7-6-14-30-17/h4-9,14H,3,10-13,15-16H2,1-2H3. The van der Waals surface area contributed by atoms with Crippen molar-refractivity contribution >= 4 is 29.0 Å². The number of rotatable bonds is 8. The number of para-hydroxylation sites is 1. The lowest BCUT2D eigenvalue weighted by Gasteiger charge is -2.34. The molecule has 9 heteroatoms. The minimum absolute atomic E-state index is 0.158. The molecule has 0 atom stereocenters. The maximum Gasteiger partial charge on any atom is 0.233 e. The predicted molar refractivity (Wildman–Crippen MR) is 125 cm³/mol. The van der Waals surface area contributed by atoms with Crippen molar-refractivity contribution in [2.24, 2.45) is 0 Å². The van der Waals surface area contributed by atoms with Gasteiger partial charge in [-0.05, 0) is 30.5 Å². The molecule has 1 amide bonds. The van der Waals surface area contributed by atoms with E-state index in [1.807, 2.05) is 33.7 Å². The Hall–Kier alpha value is -2.36. The maximum absolute atomic E-state index is 12.8. The third-order valence-electron chi connectivity index (χ3n) is 5.39. The maximum atomic E-state index is 12.8. The number of nitrogens with zero attached hydrogens (tertiary/aromatic N) is 5. The molecule has 3 aromatic rings. The van der Waals surface area contributed by atoms with Crippen LogP contribution in [0.25, 0.3) is 11.4 Å². The summed E-state index contributed by atoms with van der Waals surface area (Å²) in [5.74, 6) is 2.05. The zero-order chi connectivity index (χ0) is 21.6. The Bertz CT molecular complexity index is 997. The van der Waals surface area contributed by atoms with Crippen LogP contribution in [0.5, 0.6) is 5.75 Å². The van der Waals surface area contributed by atoms with Crippen molar-refractivity contribution in [3.63, 3.8) is 0 Å². The van der Waals surface area contributed by atoms with Gasteiger partial charge in [0.2, 0.25) is 5.91 Å². The monoisotopic (exact) mass is 457 g/mol. The highest BCUT2D eigenvalue weighted by atomic mass is 32.2. The topological polar surface area (TPSA) is 63.5 Å². The van der Waals surface area contributed by atoms with E-state index < -0.39 is 0 Å². The molecule has 0 saturated carbocycles. The first-order chi connectivity index (χ1) is 15.2. The molecule has 31 heavy (non-hydrogen) atoms. The highest BCUT2D eigenvalue weighted by Crippen LogP contribution is 2.30. The van der Waals surface area contributed by atoms with Crippen LogP contribution >= 0.6 is 23.1 Å². The van der Waals surface area contributed by atoms with Crippen LogP contribution in [0.4, 0.5) is 0 Å². The van der Waals surface area contributed by atoms with Gasteiger partial charge < -0.3 is 14.2 Å². The molecule has 1 fully saturated rings. The second-order valence-corrected chi connectivity index (χ2v) is 9.25. The van der Waals surface area contributed by atoms with E-state index in [4.69, 9.17) is 4.74 Å². The van der Waals surface area contributed by atoms with Gasteiger partial charge in [-0.15, -0.1) is 21.5 Å². The van der Waals surface area contributed by atoms with E-state index in [-0.39, 0.29) is 5.91 Å². The van der Waals surface area contributed by atoms with E-state index >= 15 is 0 Å². The average Bonchev–Trinajstić information content (AvgIpc) is 3.47. The third-order valence-corrected chi connectivity index (χ3v) is 7.20. The summed E-state index contributed by atoms with van der Waals surface area (Å²) in [6.07, 6.45) is 0. The van der Waals surface area contributed by atoms with Crippen LogP contribution < -0.4 is 4.74 Å². The summed E-state index contributed by atoms with van der Waals surface area (Å²) in [5.41, 5.74) is 0.902. The molecule has 7 nitrogen and oxygen atoms in total. The Kier molecular flexibility index (Phi) is 7.26.